The minimum absolute atomic E-state index is 0.00878. The number of nitrogens with one attached hydrogen (secondary N) is 1. The molecule has 0 aliphatic heterocycles. The largest absolute Gasteiger partial charge is 0.478 e. The summed E-state index contributed by atoms with van der Waals surface area (Å²) in [6, 6.07) is 0. The van der Waals surface area contributed by atoms with Gasteiger partial charge in [0, 0.05) is 5.56 Å². The number of nitrogens with zero attached hydrogens (tertiary/aromatic N) is 2. The zero-order valence-electron chi connectivity index (χ0n) is 9.55. The Hall–Kier alpha value is -2.22. The average molecular weight is 267 g/mol. The Kier molecular flexibility index (Phi) is 3.11. The monoisotopic (exact) mass is 267 g/mol. The molecule has 0 aliphatic rings. The van der Waals surface area contributed by atoms with E-state index in [1.807, 2.05) is 0 Å². The summed E-state index contributed by atoms with van der Waals surface area (Å²) in [5.41, 5.74) is 0.924. The third-order valence-electron chi connectivity index (χ3n) is 2.26. The Bertz CT molecular complexity index is 616. The number of aryl methyl sites for hydroxylation is 2. The van der Waals surface area contributed by atoms with Gasteiger partial charge in [0.25, 0.3) is 5.91 Å². The van der Waals surface area contributed by atoms with Crippen LogP contribution in [0.15, 0.2) is 10.7 Å². The van der Waals surface area contributed by atoms with E-state index < -0.39 is 11.9 Å². The standard InChI is InChI=1S/C10H9N3O4S/c1-4-3-11-17-7(4)8(14)12-9-6(10(15)16)5(2)13-18-9/h3H,1-2H3,(H,12,14)(H,15,16). The topological polar surface area (TPSA) is 105 Å². The summed E-state index contributed by atoms with van der Waals surface area (Å²) in [4.78, 5) is 22.8. The molecule has 2 aromatic rings. The number of rotatable bonds is 3. The van der Waals surface area contributed by atoms with Crippen molar-refractivity contribution in [2.75, 3.05) is 5.32 Å². The second-order valence-corrected chi connectivity index (χ2v) is 4.34. The number of carboxylic acids is 1. The fraction of sp³-hybridized carbons (Fsp3) is 0.200. The molecule has 0 saturated heterocycles. The third-order valence-corrected chi connectivity index (χ3v) is 3.11. The summed E-state index contributed by atoms with van der Waals surface area (Å²) < 4.78 is 8.67. The number of aromatic carboxylic acids is 1. The normalized spacial score (nSPS) is 10.3. The van der Waals surface area contributed by atoms with Crippen molar-refractivity contribution in [1.82, 2.24) is 9.53 Å². The maximum Gasteiger partial charge on any atom is 0.340 e. The maximum atomic E-state index is 11.8. The van der Waals surface area contributed by atoms with Gasteiger partial charge in [-0.3, -0.25) is 4.79 Å². The average Bonchev–Trinajstić information content (AvgIpc) is 2.85. The van der Waals surface area contributed by atoms with Gasteiger partial charge < -0.3 is 14.9 Å². The molecule has 8 heteroatoms. The molecule has 2 N–H and O–H groups in total. The molecular formula is C10H9N3O4S. The van der Waals surface area contributed by atoms with Crippen molar-refractivity contribution in [3.63, 3.8) is 0 Å². The van der Waals surface area contributed by atoms with Crippen molar-refractivity contribution in [3.05, 3.63) is 28.8 Å². The molecular weight excluding hydrogens is 258 g/mol. The summed E-state index contributed by atoms with van der Waals surface area (Å²) >= 11 is 0.911. The quantitative estimate of drug-likeness (QED) is 0.876. The van der Waals surface area contributed by atoms with Crippen LogP contribution in [0.1, 0.15) is 32.2 Å². The van der Waals surface area contributed by atoms with Gasteiger partial charge in [0.1, 0.15) is 10.6 Å². The predicted octanol–water partition coefficient (Wildman–Crippen LogP) is 1.70. The lowest BCUT2D eigenvalue weighted by atomic mass is 10.2. The molecule has 2 rings (SSSR count). The summed E-state index contributed by atoms with van der Waals surface area (Å²) in [5.74, 6) is -1.63. The van der Waals surface area contributed by atoms with Crippen LogP contribution in [0.5, 0.6) is 0 Å². The first-order valence-corrected chi connectivity index (χ1v) is 5.70. The maximum absolute atomic E-state index is 11.8. The molecule has 2 aromatic heterocycles. The highest BCUT2D eigenvalue weighted by Gasteiger charge is 2.22. The molecule has 2 heterocycles. The summed E-state index contributed by atoms with van der Waals surface area (Å²) in [5, 5.41) is 15.1. The van der Waals surface area contributed by atoms with Crippen LogP contribution in [-0.4, -0.2) is 26.5 Å². The number of anilines is 1. The van der Waals surface area contributed by atoms with Crippen LogP contribution in [-0.2, 0) is 0 Å². The van der Waals surface area contributed by atoms with Crippen LogP contribution in [0.2, 0.25) is 0 Å². The van der Waals surface area contributed by atoms with Crippen LogP contribution in [0.25, 0.3) is 0 Å². The molecule has 7 nitrogen and oxygen atoms in total. The van der Waals surface area contributed by atoms with Crippen LogP contribution < -0.4 is 5.32 Å². The Morgan fingerprint density at radius 2 is 2.17 bits per heavy atom. The molecule has 1 amide bonds. The molecule has 0 radical (unpaired) electrons. The highest BCUT2D eigenvalue weighted by atomic mass is 32.1. The van der Waals surface area contributed by atoms with Gasteiger partial charge in [0.2, 0.25) is 5.76 Å². The minimum atomic E-state index is -1.13. The van der Waals surface area contributed by atoms with Gasteiger partial charge in [-0.1, -0.05) is 5.16 Å². The van der Waals surface area contributed by atoms with E-state index in [1.54, 1.807) is 13.8 Å². The van der Waals surface area contributed by atoms with Gasteiger partial charge in [0.15, 0.2) is 0 Å². The fourth-order valence-electron chi connectivity index (χ4n) is 1.38. The Morgan fingerprint density at radius 3 is 2.72 bits per heavy atom. The fourth-order valence-corrected chi connectivity index (χ4v) is 2.16. The predicted molar refractivity (Wildman–Crippen MR) is 63.0 cm³/mol. The third kappa shape index (κ3) is 2.09. The first kappa shape index (κ1) is 12.2. The SMILES string of the molecule is Cc1cnoc1C(=O)Nc1snc(C)c1C(=O)O. The number of hydrogen-bond donors (Lipinski definition) is 2. The van der Waals surface area contributed by atoms with Crippen molar-refractivity contribution >= 4 is 28.4 Å². The molecule has 94 valence electrons. The smallest absolute Gasteiger partial charge is 0.340 e. The van der Waals surface area contributed by atoms with Gasteiger partial charge in [-0.05, 0) is 25.4 Å². The van der Waals surface area contributed by atoms with E-state index in [0.717, 1.165) is 11.5 Å². The molecule has 18 heavy (non-hydrogen) atoms. The van der Waals surface area contributed by atoms with Crippen LogP contribution >= 0.6 is 11.5 Å². The number of amides is 1. The first-order valence-electron chi connectivity index (χ1n) is 4.93. The van der Waals surface area contributed by atoms with Gasteiger partial charge >= 0.3 is 5.97 Å². The molecule has 0 fully saturated rings. The van der Waals surface area contributed by atoms with E-state index in [-0.39, 0.29) is 16.3 Å². The molecule has 0 aliphatic carbocycles. The van der Waals surface area contributed by atoms with E-state index >= 15 is 0 Å². The minimum Gasteiger partial charge on any atom is -0.478 e. The zero-order valence-corrected chi connectivity index (χ0v) is 10.4. The number of carbonyl (C=O) groups excluding carboxylic acids is 1. The number of hydrogen-bond acceptors (Lipinski definition) is 6. The molecule has 0 atom stereocenters. The summed E-state index contributed by atoms with van der Waals surface area (Å²) in [7, 11) is 0. The zero-order chi connectivity index (χ0) is 13.3. The molecule has 0 saturated carbocycles. The highest BCUT2D eigenvalue weighted by Crippen LogP contribution is 2.25. The Morgan fingerprint density at radius 1 is 1.44 bits per heavy atom. The van der Waals surface area contributed by atoms with Crippen molar-refractivity contribution in [1.29, 1.82) is 0 Å². The van der Waals surface area contributed by atoms with E-state index in [0.29, 0.717) is 11.3 Å². The Labute approximate surface area is 106 Å². The second kappa shape index (κ2) is 4.57. The molecule has 0 aromatic carbocycles. The lowest BCUT2D eigenvalue weighted by Crippen LogP contribution is -2.13. The number of aromatic nitrogens is 2. The van der Waals surface area contributed by atoms with Gasteiger partial charge in [-0.25, -0.2) is 4.79 Å². The van der Waals surface area contributed by atoms with Gasteiger partial charge in [0.05, 0.1) is 11.9 Å². The summed E-state index contributed by atoms with van der Waals surface area (Å²) in [6.45, 7) is 3.23. The van der Waals surface area contributed by atoms with Crippen LogP contribution in [0, 0.1) is 13.8 Å². The van der Waals surface area contributed by atoms with Crippen molar-refractivity contribution in [2.45, 2.75) is 13.8 Å². The van der Waals surface area contributed by atoms with E-state index in [4.69, 9.17) is 9.63 Å². The lowest BCUT2D eigenvalue weighted by Gasteiger charge is -2.01. The number of carbonyl (C=O) groups is 2. The molecule has 0 bridgehead atoms. The van der Waals surface area contributed by atoms with Crippen LogP contribution in [0.4, 0.5) is 5.00 Å². The van der Waals surface area contributed by atoms with E-state index in [9.17, 15) is 9.59 Å². The van der Waals surface area contributed by atoms with Crippen molar-refractivity contribution in [2.24, 2.45) is 0 Å². The van der Waals surface area contributed by atoms with Crippen LogP contribution in [0.3, 0.4) is 0 Å². The Balaban J connectivity index is 2.28. The second-order valence-electron chi connectivity index (χ2n) is 3.57. The number of carboxylic acid groups (broad SMARTS) is 1. The molecule has 0 spiro atoms. The van der Waals surface area contributed by atoms with Crippen molar-refractivity contribution in [3.8, 4) is 0 Å². The van der Waals surface area contributed by atoms with Crippen molar-refractivity contribution < 1.29 is 19.2 Å². The summed E-state index contributed by atoms with van der Waals surface area (Å²) in [6.07, 6.45) is 1.41. The van der Waals surface area contributed by atoms with Gasteiger partial charge in [-0.15, -0.1) is 0 Å². The lowest BCUT2D eigenvalue weighted by molar-refractivity contribution is 0.0697. The van der Waals surface area contributed by atoms with E-state index in [2.05, 4.69) is 14.8 Å². The first-order chi connectivity index (χ1) is 8.50. The van der Waals surface area contributed by atoms with Gasteiger partial charge in [-0.2, -0.15) is 4.37 Å². The highest BCUT2D eigenvalue weighted by molar-refractivity contribution is 7.11. The molecule has 0 unspecified atom stereocenters. The van der Waals surface area contributed by atoms with E-state index in [1.165, 1.54) is 6.20 Å².